The Morgan fingerprint density at radius 2 is 1.81 bits per heavy atom. The van der Waals surface area contributed by atoms with Gasteiger partial charge in [-0.2, -0.15) is 0 Å². The van der Waals surface area contributed by atoms with Crippen LogP contribution in [0.25, 0.3) is 0 Å². The zero-order valence-electron chi connectivity index (χ0n) is 15.5. The maximum atomic E-state index is 14.5. The average Bonchev–Trinajstić information content (AvgIpc) is 2.60. The summed E-state index contributed by atoms with van der Waals surface area (Å²) in [6.07, 6.45) is 1.66. The van der Waals surface area contributed by atoms with E-state index in [0.717, 1.165) is 24.1 Å². The minimum absolute atomic E-state index is 0.0119. The van der Waals surface area contributed by atoms with Crippen molar-refractivity contribution in [2.75, 3.05) is 11.9 Å². The van der Waals surface area contributed by atoms with Gasteiger partial charge in [0.2, 0.25) is 0 Å². The van der Waals surface area contributed by atoms with Gasteiger partial charge >= 0.3 is 0 Å². The normalized spacial score (nSPS) is 25.2. The molecule has 2 nitrogen and oxygen atoms in total. The van der Waals surface area contributed by atoms with Gasteiger partial charge in [0, 0.05) is 29.3 Å². The molecule has 2 aliphatic heterocycles. The molecule has 26 heavy (non-hydrogen) atoms. The zero-order valence-corrected chi connectivity index (χ0v) is 15.5. The molecular formula is C22H25F2NO. The molecule has 0 aliphatic carbocycles. The number of nitrogens with one attached hydrogen (secondary N) is 1. The molecule has 1 N–H and O–H groups in total. The van der Waals surface area contributed by atoms with E-state index in [-0.39, 0.29) is 23.0 Å². The van der Waals surface area contributed by atoms with Crippen LogP contribution in [0, 0.1) is 17.6 Å². The molecule has 138 valence electrons. The molecule has 2 aromatic rings. The Bertz CT molecular complexity index is 807. The lowest BCUT2D eigenvalue weighted by molar-refractivity contribution is -0.0388. The van der Waals surface area contributed by atoms with Gasteiger partial charge in [-0.1, -0.05) is 39.0 Å². The smallest absolute Gasteiger partial charge is 0.131 e. The molecule has 2 aromatic carbocycles. The van der Waals surface area contributed by atoms with E-state index in [9.17, 15) is 8.78 Å². The van der Waals surface area contributed by atoms with E-state index in [1.807, 2.05) is 6.07 Å². The van der Waals surface area contributed by atoms with Gasteiger partial charge in [-0.05, 0) is 42.0 Å². The highest BCUT2D eigenvalue weighted by molar-refractivity contribution is 5.59. The summed E-state index contributed by atoms with van der Waals surface area (Å²) in [5.74, 6) is -0.985. The van der Waals surface area contributed by atoms with Crippen molar-refractivity contribution in [2.45, 2.75) is 51.2 Å². The van der Waals surface area contributed by atoms with E-state index in [0.29, 0.717) is 6.61 Å². The van der Waals surface area contributed by atoms with E-state index in [4.69, 9.17) is 4.74 Å². The summed E-state index contributed by atoms with van der Waals surface area (Å²) in [6.45, 7) is 7.23. The van der Waals surface area contributed by atoms with Crippen LogP contribution in [-0.2, 0) is 10.2 Å². The van der Waals surface area contributed by atoms with Gasteiger partial charge in [0.25, 0.3) is 0 Å². The second-order valence-electron chi connectivity index (χ2n) is 8.41. The lowest BCUT2D eigenvalue weighted by atomic mass is 9.75. The first-order valence-corrected chi connectivity index (χ1v) is 9.33. The average molecular weight is 357 g/mol. The van der Waals surface area contributed by atoms with Crippen LogP contribution in [0.15, 0.2) is 36.4 Å². The third-order valence-corrected chi connectivity index (χ3v) is 5.64. The Morgan fingerprint density at radius 3 is 2.50 bits per heavy atom. The Kier molecular flexibility index (Phi) is 4.26. The molecule has 2 aliphatic rings. The Balaban J connectivity index is 1.82. The van der Waals surface area contributed by atoms with Crippen molar-refractivity contribution in [2.24, 2.45) is 5.92 Å². The van der Waals surface area contributed by atoms with Crippen molar-refractivity contribution >= 4 is 5.69 Å². The third kappa shape index (κ3) is 2.90. The van der Waals surface area contributed by atoms with Crippen LogP contribution >= 0.6 is 0 Å². The molecule has 1 saturated heterocycles. The molecule has 1 fully saturated rings. The summed E-state index contributed by atoms with van der Waals surface area (Å²) in [5.41, 5.74) is 3.41. The lowest BCUT2D eigenvalue weighted by Crippen LogP contribution is -2.37. The van der Waals surface area contributed by atoms with E-state index >= 15 is 0 Å². The van der Waals surface area contributed by atoms with Crippen LogP contribution in [0.4, 0.5) is 14.5 Å². The number of hydrogen-bond donors (Lipinski definition) is 1. The monoisotopic (exact) mass is 357 g/mol. The second-order valence-corrected chi connectivity index (χ2v) is 8.41. The predicted octanol–water partition coefficient (Wildman–Crippen LogP) is 5.90. The molecule has 4 rings (SSSR count). The molecule has 0 amide bonds. The van der Waals surface area contributed by atoms with Gasteiger partial charge < -0.3 is 10.1 Å². The van der Waals surface area contributed by atoms with Crippen LogP contribution in [0.3, 0.4) is 0 Å². The number of benzene rings is 2. The fourth-order valence-electron chi connectivity index (χ4n) is 4.23. The third-order valence-electron chi connectivity index (χ3n) is 5.64. The number of ether oxygens (including phenoxy) is 1. The number of halogens is 2. The number of rotatable bonds is 1. The SMILES string of the molecule is CC(C)(C)c1ccc2c(c1)C1OCCCC1C(c1c(F)cccc1F)N2. The van der Waals surface area contributed by atoms with E-state index in [1.54, 1.807) is 0 Å². The zero-order chi connectivity index (χ0) is 18.5. The van der Waals surface area contributed by atoms with E-state index in [2.05, 4.69) is 38.2 Å². The summed E-state index contributed by atoms with van der Waals surface area (Å²) in [7, 11) is 0. The maximum Gasteiger partial charge on any atom is 0.131 e. The van der Waals surface area contributed by atoms with Crippen LogP contribution in [0.1, 0.15) is 62.4 Å². The first-order valence-electron chi connectivity index (χ1n) is 9.33. The molecule has 0 spiro atoms. The molecule has 0 saturated carbocycles. The van der Waals surface area contributed by atoms with Gasteiger partial charge in [-0.3, -0.25) is 0 Å². The largest absolute Gasteiger partial charge is 0.377 e. The van der Waals surface area contributed by atoms with Crippen LogP contribution in [-0.4, -0.2) is 6.61 Å². The van der Waals surface area contributed by atoms with Gasteiger partial charge in [0.1, 0.15) is 11.6 Å². The fraction of sp³-hybridized carbons (Fsp3) is 0.455. The van der Waals surface area contributed by atoms with Crippen molar-refractivity contribution in [3.05, 3.63) is 64.7 Å². The van der Waals surface area contributed by atoms with Crippen LogP contribution < -0.4 is 5.32 Å². The fourth-order valence-corrected chi connectivity index (χ4v) is 4.23. The molecule has 0 aromatic heterocycles. The van der Waals surface area contributed by atoms with Crippen molar-refractivity contribution in [3.8, 4) is 0 Å². The quantitative estimate of drug-likeness (QED) is 0.686. The summed E-state index contributed by atoms with van der Waals surface area (Å²) in [6, 6.07) is 9.96. The first kappa shape index (κ1) is 17.5. The minimum Gasteiger partial charge on any atom is -0.377 e. The standard InChI is InChI=1S/C22H25F2NO/c1-22(2,3)13-9-10-18-15(12-13)21-14(6-5-11-26-21)20(25-18)19-16(23)7-4-8-17(19)24/h4,7-10,12,14,20-21,25H,5-6,11H2,1-3H3. The van der Waals surface area contributed by atoms with Crippen molar-refractivity contribution in [1.29, 1.82) is 0 Å². The Hall–Kier alpha value is -1.94. The Labute approximate surface area is 153 Å². The van der Waals surface area contributed by atoms with Crippen LogP contribution in [0.2, 0.25) is 0 Å². The molecule has 0 bridgehead atoms. The molecule has 4 heteroatoms. The highest BCUT2D eigenvalue weighted by Gasteiger charge is 2.42. The van der Waals surface area contributed by atoms with E-state index in [1.165, 1.54) is 23.8 Å². The van der Waals surface area contributed by atoms with Crippen molar-refractivity contribution in [1.82, 2.24) is 0 Å². The molecule has 2 heterocycles. The number of fused-ring (bicyclic) bond motifs is 3. The minimum atomic E-state index is -0.499. The molecular weight excluding hydrogens is 332 g/mol. The van der Waals surface area contributed by atoms with Gasteiger partial charge in [0.15, 0.2) is 0 Å². The summed E-state index contributed by atoms with van der Waals surface area (Å²) in [5, 5.41) is 3.41. The topological polar surface area (TPSA) is 21.3 Å². The lowest BCUT2D eigenvalue weighted by Gasteiger charge is -2.44. The van der Waals surface area contributed by atoms with Crippen LogP contribution in [0.5, 0.6) is 0 Å². The second kappa shape index (κ2) is 6.34. The molecule has 3 atom stereocenters. The molecule has 3 unspecified atom stereocenters. The van der Waals surface area contributed by atoms with Gasteiger partial charge in [-0.25, -0.2) is 8.78 Å². The number of anilines is 1. The highest BCUT2D eigenvalue weighted by Crippen LogP contribution is 2.50. The summed E-state index contributed by atoms with van der Waals surface area (Å²) >= 11 is 0. The Morgan fingerprint density at radius 1 is 1.08 bits per heavy atom. The number of hydrogen-bond acceptors (Lipinski definition) is 2. The van der Waals surface area contributed by atoms with E-state index < -0.39 is 17.7 Å². The highest BCUT2D eigenvalue weighted by atomic mass is 19.1. The summed E-state index contributed by atoms with van der Waals surface area (Å²) < 4.78 is 35.1. The summed E-state index contributed by atoms with van der Waals surface area (Å²) in [4.78, 5) is 0. The van der Waals surface area contributed by atoms with Crippen molar-refractivity contribution < 1.29 is 13.5 Å². The predicted molar refractivity (Wildman–Crippen MR) is 99.3 cm³/mol. The van der Waals surface area contributed by atoms with Gasteiger partial charge in [-0.15, -0.1) is 0 Å². The first-order chi connectivity index (χ1) is 12.4. The van der Waals surface area contributed by atoms with Crippen molar-refractivity contribution in [3.63, 3.8) is 0 Å². The maximum absolute atomic E-state index is 14.5. The van der Waals surface area contributed by atoms with Gasteiger partial charge in [0.05, 0.1) is 12.1 Å². The molecule has 0 radical (unpaired) electrons.